The lowest BCUT2D eigenvalue weighted by molar-refractivity contribution is -0.167. The molecule has 0 saturated carbocycles. The first-order valence-corrected chi connectivity index (χ1v) is 24.7. The van der Waals surface area contributed by atoms with Crippen molar-refractivity contribution in [2.45, 2.75) is 175 Å². The van der Waals surface area contributed by atoms with E-state index in [1.165, 1.54) is 19.3 Å². The minimum absolute atomic E-state index is 0.129. The predicted molar refractivity (Wildman–Crippen MR) is 274 cm³/mol. The first-order chi connectivity index (χ1) is 31.5. The van der Waals surface area contributed by atoms with Gasteiger partial charge in [0.1, 0.15) is 13.2 Å². The molecule has 354 valence electrons. The molecular weight excluding hydrogens is 793 g/mol. The molecule has 0 spiro atoms. The fourth-order valence-electron chi connectivity index (χ4n) is 5.89. The zero-order valence-corrected chi connectivity index (χ0v) is 40.2. The molecule has 0 fully saturated rings. The second kappa shape index (κ2) is 50.7. The molecule has 0 aliphatic carbocycles. The summed E-state index contributed by atoms with van der Waals surface area (Å²) >= 11 is 0. The van der Waals surface area contributed by atoms with Crippen molar-refractivity contribution < 1.29 is 28.6 Å². The number of rotatable bonds is 41. The number of carbonyl (C=O) groups excluding carboxylic acids is 3. The molecular formula is C58H86O6. The minimum Gasteiger partial charge on any atom is -0.462 e. The quantitative estimate of drug-likeness (QED) is 0.0263. The van der Waals surface area contributed by atoms with E-state index in [0.29, 0.717) is 12.8 Å². The summed E-state index contributed by atoms with van der Waals surface area (Å²) in [5.41, 5.74) is 0. The van der Waals surface area contributed by atoms with Gasteiger partial charge in [-0.3, -0.25) is 14.4 Å². The number of hydrogen-bond donors (Lipinski definition) is 0. The zero-order chi connectivity index (χ0) is 46.5. The summed E-state index contributed by atoms with van der Waals surface area (Å²) in [6.07, 6.45) is 73.6. The van der Waals surface area contributed by atoms with Crippen molar-refractivity contribution in [1.29, 1.82) is 0 Å². The lowest BCUT2D eigenvalue weighted by Crippen LogP contribution is -2.30. The van der Waals surface area contributed by atoms with Gasteiger partial charge in [0.05, 0.1) is 0 Å². The van der Waals surface area contributed by atoms with Crippen LogP contribution in [0, 0.1) is 0 Å². The average Bonchev–Trinajstić information content (AvgIpc) is 3.29. The lowest BCUT2D eigenvalue weighted by Gasteiger charge is -2.18. The largest absolute Gasteiger partial charge is 0.462 e. The van der Waals surface area contributed by atoms with E-state index >= 15 is 0 Å². The van der Waals surface area contributed by atoms with Crippen LogP contribution in [0.4, 0.5) is 0 Å². The van der Waals surface area contributed by atoms with Crippen LogP contribution in [-0.4, -0.2) is 37.2 Å². The third kappa shape index (κ3) is 48.1. The predicted octanol–water partition coefficient (Wildman–Crippen LogP) is 16.2. The first-order valence-electron chi connectivity index (χ1n) is 24.7. The molecule has 0 aromatic rings. The molecule has 64 heavy (non-hydrogen) atoms. The molecule has 0 aromatic heterocycles. The Morgan fingerprint density at radius 2 is 0.609 bits per heavy atom. The summed E-state index contributed by atoms with van der Waals surface area (Å²) < 4.78 is 16.7. The second-order valence-electron chi connectivity index (χ2n) is 15.6. The van der Waals surface area contributed by atoms with Gasteiger partial charge in [-0.25, -0.2) is 0 Å². The third-order valence-corrected chi connectivity index (χ3v) is 9.56. The molecule has 6 nitrogen and oxygen atoms in total. The van der Waals surface area contributed by atoms with E-state index < -0.39 is 6.10 Å². The Kier molecular flexibility index (Phi) is 46.7. The maximum Gasteiger partial charge on any atom is 0.306 e. The summed E-state index contributed by atoms with van der Waals surface area (Å²) in [6.45, 7) is 6.18. The van der Waals surface area contributed by atoms with Gasteiger partial charge in [-0.15, -0.1) is 0 Å². The van der Waals surface area contributed by atoms with E-state index in [-0.39, 0.29) is 44.0 Å². The van der Waals surface area contributed by atoms with Gasteiger partial charge in [-0.2, -0.15) is 0 Å². The Hall–Kier alpha value is -4.97. The van der Waals surface area contributed by atoms with E-state index in [2.05, 4.69) is 93.7 Å². The smallest absolute Gasteiger partial charge is 0.306 e. The highest BCUT2D eigenvalue weighted by atomic mass is 16.6. The van der Waals surface area contributed by atoms with Crippen molar-refractivity contribution in [2.24, 2.45) is 0 Å². The van der Waals surface area contributed by atoms with Gasteiger partial charge in [0, 0.05) is 19.3 Å². The molecule has 0 rings (SSSR count). The Morgan fingerprint density at radius 1 is 0.328 bits per heavy atom. The van der Waals surface area contributed by atoms with Crippen LogP contribution < -0.4 is 0 Å². The molecule has 0 aliphatic rings. The molecule has 0 radical (unpaired) electrons. The highest BCUT2D eigenvalue weighted by Crippen LogP contribution is 2.11. The number of unbranched alkanes of at least 4 members (excludes halogenated alkanes) is 14. The van der Waals surface area contributed by atoms with Crippen LogP contribution in [0.2, 0.25) is 0 Å². The zero-order valence-electron chi connectivity index (χ0n) is 40.2. The molecule has 1 atom stereocenters. The van der Waals surface area contributed by atoms with Gasteiger partial charge in [-0.05, 0) is 83.5 Å². The Morgan fingerprint density at radius 3 is 0.969 bits per heavy atom. The number of hydrogen-bond acceptors (Lipinski definition) is 6. The topological polar surface area (TPSA) is 78.9 Å². The Bertz CT molecular complexity index is 1520. The van der Waals surface area contributed by atoms with E-state index in [1.54, 1.807) is 0 Å². The van der Waals surface area contributed by atoms with E-state index in [4.69, 9.17) is 14.2 Å². The van der Waals surface area contributed by atoms with Crippen molar-refractivity contribution in [2.75, 3.05) is 13.2 Å². The van der Waals surface area contributed by atoms with Gasteiger partial charge in [0.2, 0.25) is 0 Å². The molecule has 1 unspecified atom stereocenters. The maximum absolute atomic E-state index is 12.8. The highest BCUT2D eigenvalue weighted by molar-refractivity contribution is 5.71. The van der Waals surface area contributed by atoms with E-state index in [9.17, 15) is 14.4 Å². The van der Waals surface area contributed by atoms with Crippen LogP contribution in [0.1, 0.15) is 168 Å². The average molecular weight is 879 g/mol. The van der Waals surface area contributed by atoms with E-state index in [0.717, 1.165) is 103 Å². The van der Waals surface area contributed by atoms with Crippen LogP contribution in [0.15, 0.2) is 158 Å². The highest BCUT2D eigenvalue weighted by Gasteiger charge is 2.19. The van der Waals surface area contributed by atoms with E-state index in [1.807, 2.05) is 85.1 Å². The van der Waals surface area contributed by atoms with Crippen LogP contribution in [0.25, 0.3) is 0 Å². The Balaban J connectivity index is 4.61. The monoisotopic (exact) mass is 879 g/mol. The molecule has 0 aliphatic heterocycles. The SMILES string of the molecule is CC/C=C/C=C/C=C/C=C/C=C/CCCCCC(=O)OC(COC(=O)CCCCC/C=C/C=C/C=C/C=C/CC)COC(=O)CCCCCCC/C=C/C=C/C=C/C=C/CCCCC. The number of allylic oxidation sites excluding steroid dienone is 26. The molecule has 0 heterocycles. The summed E-state index contributed by atoms with van der Waals surface area (Å²) in [4.78, 5) is 37.9. The summed E-state index contributed by atoms with van der Waals surface area (Å²) in [5, 5.41) is 0. The van der Waals surface area contributed by atoms with Crippen LogP contribution in [0.3, 0.4) is 0 Å². The van der Waals surface area contributed by atoms with Gasteiger partial charge >= 0.3 is 17.9 Å². The molecule has 6 heteroatoms. The van der Waals surface area contributed by atoms with Crippen molar-refractivity contribution >= 4 is 17.9 Å². The lowest BCUT2D eigenvalue weighted by atomic mass is 10.1. The molecule has 0 saturated heterocycles. The molecule has 0 bridgehead atoms. The van der Waals surface area contributed by atoms with Crippen molar-refractivity contribution in [3.63, 3.8) is 0 Å². The van der Waals surface area contributed by atoms with Crippen molar-refractivity contribution in [1.82, 2.24) is 0 Å². The second-order valence-corrected chi connectivity index (χ2v) is 15.6. The standard InChI is InChI=1S/C58H86O6/c1-4-7-10-13-16-19-22-25-27-28-29-31-33-36-39-42-45-48-51-57(60)63-54-55(53-62-56(59)50-47-44-41-38-35-32-24-21-18-15-12-9-6-3)64-58(61)52-49-46-43-40-37-34-30-26-23-20-17-14-11-8-5-2/h8-9,11-12,14-32,34-35,37,55H,4-7,10,13,33,36,38-54H2,1-3H3/b11-8+,12-9+,17-14+,18-15+,19-16+,23-20+,24-21+,25-22+,28-27+,30-26+,31-29+,35-32+,37-34+. The van der Waals surface area contributed by atoms with Crippen LogP contribution in [-0.2, 0) is 28.6 Å². The van der Waals surface area contributed by atoms with Crippen molar-refractivity contribution in [3.05, 3.63) is 158 Å². The molecule has 0 aromatic carbocycles. The van der Waals surface area contributed by atoms with Gasteiger partial charge in [0.15, 0.2) is 6.10 Å². The summed E-state index contributed by atoms with van der Waals surface area (Å²) in [6, 6.07) is 0. The van der Waals surface area contributed by atoms with Crippen LogP contribution in [0.5, 0.6) is 0 Å². The van der Waals surface area contributed by atoms with Crippen molar-refractivity contribution in [3.8, 4) is 0 Å². The normalized spacial score (nSPS) is 13.5. The summed E-state index contributed by atoms with van der Waals surface area (Å²) in [5.74, 6) is -1.05. The maximum atomic E-state index is 12.8. The fraction of sp³-hybridized carbons (Fsp3) is 0.500. The number of carbonyl (C=O) groups is 3. The van der Waals surface area contributed by atoms with Crippen LogP contribution >= 0.6 is 0 Å². The fourth-order valence-corrected chi connectivity index (χ4v) is 5.89. The van der Waals surface area contributed by atoms with Gasteiger partial charge in [-0.1, -0.05) is 224 Å². The molecule has 0 N–H and O–H groups in total. The molecule has 0 amide bonds. The summed E-state index contributed by atoms with van der Waals surface area (Å²) in [7, 11) is 0. The number of esters is 3. The Labute approximate surface area is 390 Å². The van der Waals surface area contributed by atoms with Gasteiger partial charge < -0.3 is 14.2 Å². The number of ether oxygens (including phenoxy) is 3. The first kappa shape index (κ1) is 59.0. The third-order valence-electron chi connectivity index (χ3n) is 9.56. The van der Waals surface area contributed by atoms with Gasteiger partial charge in [0.25, 0.3) is 0 Å². The minimum atomic E-state index is -0.834.